The van der Waals surface area contributed by atoms with Gasteiger partial charge in [0.25, 0.3) is 0 Å². The van der Waals surface area contributed by atoms with E-state index in [0.717, 1.165) is 12.0 Å². The van der Waals surface area contributed by atoms with Crippen molar-refractivity contribution >= 4 is 5.78 Å². The Kier molecular flexibility index (Phi) is 3.92. The minimum Gasteiger partial charge on any atom is -0.373 e. The Hall–Kier alpha value is -1.19. The summed E-state index contributed by atoms with van der Waals surface area (Å²) in [6, 6.07) is 8.13. The number of carbonyl (C=O) groups is 1. The average molecular weight is 233 g/mol. The fourth-order valence-corrected chi connectivity index (χ4v) is 2.30. The van der Waals surface area contributed by atoms with Crippen molar-refractivity contribution in [2.45, 2.75) is 38.3 Å². The number of fused-ring (bicyclic) bond motifs is 1. The highest BCUT2D eigenvalue weighted by molar-refractivity contribution is 5.79. The molecule has 1 aliphatic heterocycles. The Morgan fingerprint density at radius 3 is 3.06 bits per heavy atom. The Morgan fingerprint density at radius 2 is 2.29 bits per heavy atom. The second-order valence-corrected chi connectivity index (χ2v) is 4.73. The van der Waals surface area contributed by atoms with Crippen LogP contribution in [0.4, 0.5) is 0 Å². The molecule has 0 aromatic heterocycles. The van der Waals surface area contributed by atoms with Crippen LogP contribution in [-0.4, -0.2) is 18.4 Å². The van der Waals surface area contributed by atoms with Crippen LogP contribution in [0.25, 0.3) is 0 Å². The fourth-order valence-electron chi connectivity index (χ4n) is 2.30. The van der Waals surface area contributed by atoms with Gasteiger partial charge in [-0.2, -0.15) is 0 Å². The van der Waals surface area contributed by atoms with Gasteiger partial charge < -0.3 is 10.5 Å². The lowest BCUT2D eigenvalue weighted by atomic mass is 9.93. The highest BCUT2D eigenvalue weighted by Gasteiger charge is 2.23. The number of carbonyl (C=O) groups excluding carboxylic acids is 1. The molecule has 1 aliphatic rings. The first kappa shape index (κ1) is 12.3. The van der Waals surface area contributed by atoms with Crippen molar-refractivity contribution in [3.63, 3.8) is 0 Å². The van der Waals surface area contributed by atoms with E-state index in [0.29, 0.717) is 19.4 Å². The maximum atomic E-state index is 11.8. The summed E-state index contributed by atoms with van der Waals surface area (Å²) in [4.78, 5) is 11.8. The Labute approximate surface area is 102 Å². The van der Waals surface area contributed by atoms with E-state index in [9.17, 15) is 4.79 Å². The van der Waals surface area contributed by atoms with Crippen LogP contribution in [-0.2, 0) is 16.0 Å². The molecule has 3 heteroatoms. The summed E-state index contributed by atoms with van der Waals surface area (Å²) in [6.07, 6.45) is 1.74. The maximum absolute atomic E-state index is 11.8. The van der Waals surface area contributed by atoms with E-state index in [1.165, 1.54) is 5.56 Å². The van der Waals surface area contributed by atoms with E-state index in [4.69, 9.17) is 10.5 Å². The van der Waals surface area contributed by atoms with E-state index in [1.807, 2.05) is 19.1 Å². The second kappa shape index (κ2) is 5.43. The first-order valence-electron chi connectivity index (χ1n) is 6.13. The number of nitrogens with two attached hydrogens (primary N) is 1. The second-order valence-electron chi connectivity index (χ2n) is 4.73. The lowest BCUT2D eigenvalue weighted by molar-refractivity contribution is -0.122. The van der Waals surface area contributed by atoms with E-state index in [1.54, 1.807) is 0 Å². The Morgan fingerprint density at radius 1 is 1.53 bits per heavy atom. The summed E-state index contributed by atoms with van der Waals surface area (Å²) in [5, 5.41) is 0. The molecule has 2 unspecified atom stereocenters. The largest absolute Gasteiger partial charge is 0.373 e. The minimum absolute atomic E-state index is 0.0682. The van der Waals surface area contributed by atoms with Crippen molar-refractivity contribution in [3.8, 4) is 0 Å². The van der Waals surface area contributed by atoms with Crippen molar-refractivity contribution in [1.29, 1.82) is 0 Å². The summed E-state index contributed by atoms with van der Waals surface area (Å²) < 4.78 is 5.69. The molecular weight excluding hydrogens is 214 g/mol. The number of ether oxygens (including phenoxy) is 1. The smallest absolute Gasteiger partial charge is 0.137 e. The van der Waals surface area contributed by atoms with Gasteiger partial charge in [-0.05, 0) is 24.5 Å². The standard InChI is InChI=1S/C14H19NO2/c1-10(15)8-12(16)9-14-13-5-3-2-4-11(13)6-7-17-14/h2-5,10,14H,6-9,15H2,1H3. The molecule has 2 rings (SSSR count). The van der Waals surface area contributed by atoms with Gasteiger partial charge in [-0.25, -0.2) is 0 Å². The van der Waals surface area contributed by atoms with Crippen molar-refractivity contribution in [1.82, 2.24) is 0 Å². The fraction of sp³-hybridized carbons (Fsp3) is 0.500. The Balaban J connectivity index is 2.06. The molecule has 0 spiro atoms. The molecule has 17 heavy (non-hydrogen) atoms. The first-order valence-corrected chi connectivity index (χ1v) is 6.13. The normalized spacial score (nSPS) is 20.7. The molecule has 1 heterocycles. The summed E-state index contributed by atoms with van der Waals surface area (Å²) in [5.74, 6) is 0.182. The van der Waals surface area contributed by atoms with Gasteiger partial charge in [0.2, 0.25) is 0 Å². The van der Waals surface area contributed by atoms with Gasteiger partial charge in [-0.15, -0.1) is 0 Å². The summed E-state index contributed by atoms with van der Waals surface area (Å²) in [6.45, 7) is 2.56. The molecule has 0 saturated heterocycles. The molecule has 1 aromatic rings. The first-order chi connectivity index (χ1) is 8.16. The van der Waals surface area contributed by atoms with Crippen molar-refractivity contribution in [2.24, 2.45) is 5.73 Å². The van der Waals surface area contributed by atoms with Crippen molar-refractivity contribution < 1.29 is 9.53 Å². The Bertz CT molecular complexity index is 401. The van der Waals surface area contributed by atoms with E-state index >= 15 is 0 Å². The zero-order valence-electron chi connectivity index (χ0n) is 10.2. The van der Waals surface area contributed by atoms with Crippen LogP contribution in [0, 0.1) is 0 Å². The molecule has 92 valence electrons. The quantitative estimate of drug-likeness (QED) is 0.865. The third-order valence-corrected chi connectivity index (χ3v) is 3.06. The molecule has 2 atom stereocenters. The summed E-state index contributed by atoms with van der Waals surface area (Å²) >= 11 is 0. The van der Waals surface area contributed by atoms with Gasteiger partial charge in [0.15, 0.2) is 0 Å². The van der Waals surface area contributed by atoms with Gasteiger partial charge >= 0.3 is 0 Å². The summed E-state index contributed by atoms with van der Waals surface area (Å²) in [7, 11) is 0. The molecule has 0 amide bonds. The highest BCUT2D eigenvalue weighted by atomic mass is 16.5. The molecule has 0 saturated carbocycles. The molecule has 0 radical (unpaired) electrons. The van der Waals surface area contributed by atoms with Gasteiger partial charge in [-0.3, -0.25) is 4.79 Å². The van der Waals surface area contributed by atoms with Crippen LogP contribution in [0.5, 0.6) is 0 Å². The van der Waals surface area contributed by atoms with Crippen LogP contribution >= 0.6 is 0 Å². The number of ketones is 1. The zero-order valence-corrected chi connectivity index (χ0v) is 10.2. The molecule has 3 nitrogen and oxygen atoms in total. The monoisotopic (exact) mass is 233 g/mol. The zero-order chi connectivity index (χ0) is 12.3. The van der Waals surface area contributed by atoms with Crippen LogP contribution < -0.4 is 5.73 Å². The molecule has 0 aliphatic carbocycles. The van der Waals surface area contributed by atoms with Crippen LogP contribution in [0.2, 0.25) is 0 Å². The number of benzene rings is 1. The number of Topliss-reactive ketones (excluding diaryl/α,β-unsaturated/α-hetero) is 1. The molecular formula is C14H19NO2. The molecule has 2 N–H and O–H groups in total. The predicted molar refractivity (Wildman–Crippen MR) is 66.7 cm³/mol. The number of hydrogen-bond donors (Lipinski definition) is 1. The lowest BCUT2D eigenvalue weighted by Crippen LogP contribution is -2.23. The topological polar surface area (TPSA) is 52.3 Å². The number of rotatable bonds is 4. The highest BCUT2D eigenvalue weighted by Crippen LogP contribution is 2.29. The third-order valence-electron chi connectivity index (χ3n) is 3.06. The van der Waals surface area contributed by atoms with Crippen molar-refractivity contribution in [2.75, 3.05) is 6.61 Å². The van der Waals surface area contributed by atoms with E-state index < -0.39 is 0 Å². The van der Waals surface area contributed by atoms with E-state index in [2.05, 4.69) is 12.1 Å². The third kappa shape index (κ3) is 3.14. The number of hydrogen-bond acceptors (Lipinski definition) is 3. The SMILES string of the molecule is CC(N)CC(=O)CC1OCCc2ccccc21. The predicted octanol–water partition coefficient (Wildman–Crippen LogP) is 2.00. The average Bonchev–Trinajstić information content (AvgIpc) is 2.28. The molecule has 0 fully saturated rings. The van der Waals surface area contributed by atoms with Crippen LogP contribution in [0.1, 0.15) is 37.0 Å². The van der Waals surface area contributed by atoms with Crippen LogP contribution in [0.3, 0.4) is 0 Å². The van der Waals surface area contributed by atoms with Crippen LogP contribution in [0.15, 0.2) is 24.3 Å². The molecule has 0 bridgehead atoms. The van der Waals surface area contributed by atoms with Gasteiger partial charge in [-0.1, -0.05) is 24.3 Å². The van der Waals surface area contributed by atoms with Gasteiger partial charge in [0.05, 0.1) is 12.7 Å². The lowest BCUT2D eigenvalue weighted by Gasteiger charge is -2.25. The minimum atomic E-state index is -0.0776. The maximum Gasteiger partial charge on any atom is 0.137 e. The van der Waals surface area contributed by atoms with Gasteiger partial charge in [0, 0.05) is 18.9 Å². The van der Waals surface area contributed by atoms with Crippen molar-refractivity contribution in [3.05, 3.63) is 35.4 Å². The van der Waals surface area contributed by atoms with E-state index in [-0.39, 0.29) is 17.9 Å². The summed E-state index contributed by atoms with van der Waals surface area (Å²) in [5.41, 5.74) is 8.10. The molecule has 1 aromatic carbocycles. The van der Waals surface area contributed by atoms with Gasteiger partial charge in [0.1, 0.15) is 5.78 Å².